The monoisotopic (exact) mass is 394 g/mol. The maximum Gasteiger partial charge on any atom is 0.410 e. The molecule has 0 spiro atoms. The molecule has 2 saturated heterocycles. The predicted octanol–water partition coefficient (Wildman–Crippen LogP) is 2.66. The van der Waals surface area contributed by atoms with Crippen molar-refractivity contribution in [2.45, 2.75) is 51.3 Å². The van der Waals surface area contributed by atoms with Gasteiger partial charge < -0.3 is 19.1 Å². The summed E-state index contributed by atoms with van der Waals surface area (Å²) in [6.07, 6.45) is 0.643. The van der Waals surface area contributed by atoms with Crippen LogP contribution >= 0.6 is 0 Å². The van der Waals surface area contributed by atoms with E-state index in [2.05, 4.69) is 24.6 Å². The maximum absolute atomic E-state index is 12.6. The molecule has 0 aliphatic carbocycles. The van der Waals surface area contributed by atoms with Crippen molar-refractivity contribution in [2.75, 3.05) is 18.0 Å². The summed E-state index contributed by atoms with van der Waals surface area (Å²) < 4.78 is 35.1. The number of hydrogen-bond acceptors (Lipinski definition) is 8. The molecular formula is C17H20F2N6O3. The summed E-state index contributed by atoms with van der Waals surface area (Å²) in [5, 5.41) is 3.51. The lowest BCUT2D eigenvalue weighted by atomic mass is 10.2. The molecular weight excluding hydrogens is 374 g/mol. The summed E-state index contributed by atoms with van der Waals surface area (Å²) >= 11 is 0. The van der Waals surface area contributed by atoms with Crippen LogP contribution in [-0.2, 0) is 4.74 Å². The number of ether oxygens (including phenoxy) is 1. The zero-order chi connectivity index (χ0) is 20.1. The van der Waals surface area contributed by atoms with Crippen LogP contribution in [0.4, 0.5) is 19.5 Å². The van der Waals surface area contributed by atoms with Gasteiger partial charge in [0.15, 0.2) is 0 Å². The summed E-state index contributed by atoms with van der Waals surface area (Å²) in [6.45, 7) is 6.69. The summed E-state index contributed by atoms with van der Waals surface area (Å²) in [5.41, 5.74) is -0.143. The minimum atomic E-state index is -2.82. The van der Waals surface area contributed by atoms with Crippen molar-refractivity contribution >= 4 is 12.0 Å². The lowest BCUT2D eigenvalue weighted by Crippen LogP contribution is -2.50. The highest BCUT2D eigenvalue weighted by molar-refractivity contribution is 5.70. The first-order valence-electron chi connectivity index (χ1n) is 8.92. The topological polar surface area (TPSA) is 97.5 Å². The molecule has 4 rings (SSSR count). The second kappa shape index (κ2) is 6.64. The Kier molecular flexibility index (Phi) is 4.39. The van der Waals surface area contributed by atoms with Crippen LogP contribution in [0.25, 0.3) is 11.4 Å². The van der Waals surface area contributed by atoms with Crippen molar-refractivity contribution in [3.8, 4) is 11.4 Å². The number of carbonyl (C=O) groups is 1. The van der Waals surface area contributed by atoms with E-state index < -0.39 is 17.9 Å². The molecule has 2 fully saturated rings. The Balaban J connectivity index is 1.42. The first-order chi connectivity index (χ1) is 13.2. The zero-order valence-corrected chi connectivity index (χ0v) is 15.7. The van der Waals surface area contributed by atoms with E-state index in [9.17, 15) is 13.6 Å². The van der Waals surface area contributed by atoms with Gasteiger partial charge in [-0.25, -0.2) is 14.8 Å². The minimum Gasteiger partial charge on any atom is -0.444 e. The average Bonchev–Trinajstić information content (AvgIpc) is 3.35. The lowest BCUT2D eigenvalue weighted by Gasteiger charge is -2.35. The molecule has 2 unspecified atom stereocenters. The molecule has 0 saturated carbocycles. The smallest absolute Gasteiger partial charge is 0.410 e. The highest BCUT2D eigenvalue weighted by Crippen LogP contribution is 2.34. The number of hydrogen-bond donors (Lipinski definition) is 0. The third-order valence-corrected chi connectivity index (χ3v) is 4.65. The average molecular weight is 394 g/mol. The lowest BCUT2D eigenvalue weighted by molar-refractivity contribution is 0.0214. The van der Waals surface area contributed by atoms with E-state index in [1.807, 2.05) is 25.7 Å². The third-order valence-electron chi connectivity index (χ3n) is 4.65. The Morgan fingerprint density at radius 3 is 2.50 bits per heavy atom. The molecule has 0 radical (unpaired) electrons. The first-order valence-corrected chi connectivity index (χ1v) is 8.92. The Morgan fingerprint density at radius 2 is 1.96 bits per heavy atom. The molecule has 9 nitrogen and oxygen atoms in total. The van der Waals surface area contributed by atoms with E-state index in [1.165, 1.54) is 12.4 Å². The van der Waals surface area contributed by atoms with Gasteiger partial charge in [0.2, 0.25) is 11.8 Å². The highest BCUT2D eigenvalue weighted by atomic mass is 19.3. The van der Waals surface area contributed by atoms with Crippen LogP contribution in [0.1, 0.15) is 39.5 Å². The number of rotatable bonds is 3. The number of alkyl halides is 2. The molecule has 150 valence electrons. The van der Waals surface area contributed by atoms with Crippen LogP contribution in [0.5, 0.6) is 0 Å². The summed E-state index contributed by atoms with van der Waals surface area (Å²) in [5.74, 6) is -0.211. The Morgan fingerprint density at radius 1 is 1.25 bits per heavy atom. The summed E-state index contributed by atoms with van der Waals surface area (Å²) in [7, 11) is 0. The minimum absolute atomic E-state index is 0.0147. The Bertz CT molecular complexity index is 867. The fraction of sp³-hybridized carbons (Fsp3) is 0.588. The fourth-order valence-electron chi connectivity index (χ4n) is 3.48. The van der Waals surface area contributed by atoms with Gasteiger partial charge in [0.25, 0.3) is 5.89 Å². The third kappa shape index (κ3) is 3.48. The van der Waals surface area contributed by atoms with Crippen molar-refractivity contribution in [3.63, 3.8) is 0 Å². The highest BCUT2D eigenvalue weighted by Gasteiger charge is 2.47. The normalized spacial score (nSPS) is 21.6. The Hall–Kier alpha value is -2.85. The molecule has 28 heavy (non-hydrogen) atoms. The van der Waals surface area contributed by atoms with Crippen LogP contribution in [0.15, 0.2) is 16.9 Å². The molecule has 2 bridgehead atoms. The Labute approximate surface area is 159 Å². The molecule has 2 aliphatic rings. The van der Waals surface area contributed by atoms with Crippen molar-refractivity contribution in [3.05, 3.63) is 18.3 Å². The van der Waals surface area contributed by atoms with E-state index in [0.717, 1.165) is 6.42 Å². The van der Waals surface area contributed by atoms with E-state index in [-0.39, 0.29) is 24.0 Å². The number of nitrogens with zero attached hydrogens (tertiary/aromatic N) is 6. The van der Waals surface area contributed by atoms with Crippen molar-refractivity contribution < 1.29 is 22.8 Å². The predicted molar refractivity (Wildman–Crippen MR) is 92.8 cm³/mol. The second-order valence-corrected chi connectivity index (χ2v) is 7.86. The number of amides is 1. The van der Waals surface area contributed by atoms with Gasteiger partial charge in [-0.05, 0) is 27.2 Å². The molecule has 2 aromatic heterocycles. The van der Waals surface area contributed by atoms with E-state index in [4.69, 9.17) is 4.74 Å². The molecule has 0 aromatic carbocycles. The number of anilines is 1. The number of piperazine rings is 1. The van der Waals surface area contributed by atoms with Gasteiger partial charge in [-0.15, -0.1) is 0 Å². The molecule has 2 atom stereocenters. The van der Waals surface area contributed by atoms with Gasteiger partial charge in [0.05, 0.1) is 17.6 Å². The van der Waals surface area contributed by atoms with Gasteiger partial charge in [0.1, 0.15) is 5.60 Å². The van der Waals surface area contributed by atoms with Gasteiger partial charge in [0, 0.05) is 25.5 Å². The molecule has 1 amide bonds. The molecule has 2 aromatic rings. The van der Waals surface area contributed by atoms with Gasteiger partial charge in [-0.2, -0.15) is 13.8 Å². The summed E-state index contributed by atoms with van der Waals surface area (Å²) in [6, 6.07) is 0.160. The molecule has 11 heteroatoms. The molecule has 2 aliphatic heterocycles. The van der Waals surface area contributed by atoms with Crippen molar-refractivity contribution in [1.29, 1.82) is 0 Å². The van der Waals surface area contributed by atoms with Crippen LogP contribution in [0.3, 0.4) is 0 Å². The van der Waals surface area contributed by atoms with Crippen molar-refractivity contribution in [2.24, 2.45) is 0 Å². The van der Waals surface area contributed by atoms with Gasteiger partial charge in [-0.1, -0.05) is 5.16 Å². The number of halogens is 2. The van der Waals surface area contributed by atoms with Gasteiger partial charge in [-0.3, -0.25) is 0 Å². The van der Waals surface area contributed by atoms with E-state index >= 15 is 0 Å². The molecule has 0 N–H and O–H groups in total. The quantitative estimate of drug-likeness (QED) is 0.784. The number of aromatic nitrogens is 4. The van der Waals surface area contributed by atoms with Crippen LogP contribution < -0.4 is 4.90 Å². The van der Waals surface area contributed by atoms with Crippen LogP contribution in [-0.4, -0.2) is 61.9 Å². The van der Waals surface area contributed by atoms with E-state index in [0.29, 0.717) is 24.6 Å². The fourth-order valence-corrected chi connectivity index (χ4v) is 3.48. The van der Waals surface area contributed by atoms with Gasteiger partial charge >= 0.3 is 12.5 Å². The maximum atomic E-state index is 12.6. The zero-order valence-electron chi connectivity index (χ0n) is 15.7. The van der Waals surface area contributed by atoms with E-state index in [1.54, 1.807) is 4.90 Å². The number of fused-ring (bicyclic) bond motifs is 2. The largest absolute Gasteiger partial charge is 0.444 e. The SMILES string of the molecule is CC(C)(C)OC(=O)N1CC2CC1CN2c1ncc(-c2noc(C(F)F)n2)cn1. The van der Waals surface area contributed by atoms with Crippen molar-refractivity contribution in [1.82, 2.24) is 25.0 Å². The molecule has 4 heterocycles. The van der Waals surface area contributed by atoms with Crippen LogP contribution in [0.2, 0.25) is 0 Å². The summed E-state index contributed by atoms with van der Waals surface area (Å²) in [4.78, 5) is 28.4. The first kappa shape index (κ1) is 18.5. The number of likely N-dealkylation sites (tertiary alicyclic amines) is 1. The number of carbonyl (C=O) groups excluding carboxylic acids is 1. The van der Waals surface area contributed by atoms with Crippen LogP contribution in [0, 0.1) is 0 Å². The standard InChI is InChI=1S/C17H20F2N6O3/c1-17(2,3)27-16(26)25-8-10-4-11(25)7-24(10)15-20-5-9(6-21-15)13-22-14(12(18)19)28-23-13/h5-6,10-12H,4,7-8H2,1-3H3. The second-order valence-electron chi connectivity index (χ2n) is 7.86.